The fourth-order valence-electron chi connectivity index (χ4n) is 1.63. The molecule has 0 radical (unpaired) electrons. The molecular weight excluding hydrogens is 214 g/mol. The number of nitrogens with one attached hydrogen (secondary N) is 1. The van der Waals surface area contributed by atoms with Crippen LogP contribution in [0.25, 0.3) is 0 Å². The minimum atomic E-state index is -0.788. The maximum atomic E-state index is 9.85. The van der Waals surface area contributed by atoms with Crippen molar-refractivity contribution >= 4 is 0 Å². The van der Waals surface area contributed by atoms with Crippen LogP contribution in [0.3, 0.4) is 0 Å². The highest BCUT2D eigenvalue weighted by molar-refractivity contribution is 5.16. The predicted octanol–water partition coefficient (Wildman–Crippen LogP) is 1.34. The Morgan fingerprint density at radius 3 is 2.29 bits per heavy atom. The summed E-state index contributed by atoms with van der Waals surface area (Å²) in [4.78, 5) is 0. The average Bonchev–Trinajstić information content (AvgIpc) is 2.28. The first kappa shape index (κ1) is 14.2. The van der Waals surface area contributed by atoms with E-state index in [1.165, 1.54) is 5.56 Å². The summed E-state index contributed by atoms with van der Waals surface area (Å²) in [6, 6.07) is 9.94. The van der Waals surface area contributed by atoms with Gasteiger partial charge in [-0.3, -0.25) is 0 Å². The van der Waals surface area contributed by atoms with Crippen LogP contribution in [0, 0.1) is 0 Å². The van der Waals surface area contributed by atoms with E-state index in [-0.39, 0.29) is 18.7 Å². The van der Waals surface area contributed by atoms with Crippen LogP contribution < -0.4 is 5.32 Å². The van der Waals surface area contributed by atoms with Crippen molar-refractivity contribution in [3.63, 3.8) is 0 Å². The molecule has 0 aromatic heterocycles. The Balaban J connectivity index is 2.55. The molecule has 0 bridgehead atoms. The molecule has 1 aromatic carbocycles. The lowest BCUT2D eigenvalue weighted by atomic mass is 9.98. The third-order valence-corrected chi connectivity index (χ3v) is 3.09. The highest BCUT2D eigenvalue weighted by Gasteiger charge is 2.24. The van der Waals surface area contributed by atoms with Gasteiger partial charge in [-0.25, -0.2) is 0 Å². The Labute approximate surface area is 103 Å². The summed E-state index contributed by atoms with van der Waals surface area (Å²) in [6.45, 7) is 5.52. The maximum absolute atomic E-state index is 9.85. The molecule has 2 atom stereocenters. The minimum absolute atomic E-state index is 0.0289. The summed E-state index contributed by atoms with van der Waals surface area (Å²) in [6.07, 6.45) is 0.762. The largest absolute Gasteiger partial charge is 0.395 e. The number of hydrogen-bond donors (Lipinski definition) is 3. The lowest BCUT2D eigenvalue weighted by molar-refractivity contribution is 0.0362. The van der Waals surface area contributed by atoms with Gasteiger partial charge in [-0.1, -0.05) is 30.3 Å². The zero-order valence-corrected chi connectivity index (χ0v) is 10.9. The van der Waals surface area contributed by atoms with Crippen LogP contribution in [0.4, 0.5) is 0 Å². The monoisotopic (exact) mass is 237 g/mol. The Morgan fingerprint density at radius 2 is 1.82 bits per heavy atom. The molecular formula is C14H23NO2. The molecule has 0 amide bonds. The first-order valence-corrected chi connectivity index (χ1v) is 6.06. The van der Waals surface area contributed by atoms with Gasteiger partial charge >= 0.3 is 0 Å². The Kier molecular flexibility index (Phi) is 5.12. The van der Waals surface area contributed by atoms with E-state index in [0.29, 0.717) is 0 Å². The van der Waals surface area contributed by atoms with E-state index in [4.69, 9.17) is 0 Å². The van der Waals surface area contributed by atoms with Gasteiger partial charge in [0.2, 0.25) is 0 Å². The molecule has 96 valence electrons. The quantitative estimate of drug-likeness (QED) is 0.700. The van der Waals surface area contributed by atoms with E-state index in [1.807, 2.05) is 37.3 Å². The lowest BCUT2D eigenvalue weighted by Crippen LogP contribution is -2.50. The highest BCUT2D eigenvalue weighted by Crippen LogP contribution is 2.10. The summed E-state index contributed by atoms with van der Waals surface area (Å²) >= 11 is 0. The molecule has 3 nitrogen and oxygen atoms in total. The first-order chi connectivity index (χ1) is 7.93. The van der Waals surface area contributed by atoms with Crippen LogP contribution in [0.5, 0.6) is 0 Å². The van der Waals surface area contributed by atoms with Gasteiger partial charge in [-0.2, -0.15) is 0 Å². The molecule has 0 aliphatic carbocycles. The smallest absolute Gasteiger partial charge is 0.0741 e. The van der Waals surface area contributed by atoms with E-state index < -0.39 is 5.60 Å². The van der Waals surface area contributed by atoms with Gasteiger partial charge in [0.05, 0.1) is 12.2 Å². The number of aliphatic hydroxyl groups is 2. The molecule has 3 N–H and O–H groups in total. The van der Waals surface area contributed by atoms with Crippen molar-refractivity contribution in [3.05, 3.63) is 35.9 Å². The van der Waals surface area contributed by atoms with Gasteiger partial charge in [-0.05, 0) is 32.8 Å². The highest BCUT2D eigenvalue weighted by atomic mass is 16.3. The van der Waals surface area contributed by atoms with Crippen LogP contribution >= 0.6 is 0 Å². The fraction of sp³-hybridized carbons (Fsp3) is 0.571. The van der Waals surface area contributed by atoms with E-state index in [0.717, 1.165) is 6.42 Å². The molecule has 3 heteroatoms. The number of benzene rings is 1. The molecule has 0 aliphatic heterocycles. The maximum Gasteiger partial charge on any atom is 0.0741 e. The third kappa shape index (κ3) is 4.86. The molecule has 17 heavy (non-hydrogen) atoms. The van der Waals surface area contributed by atoms with Crippen LogP contribution in [-0.4, -0.2) is 34.5 Å². The molecule has 0 fully saturated rings. The van der Waals surface area contributed by atoms with Crippen molar-refractivity contribution in [1.29, 1.82) is 0 Å². The van der Waals surface area contributed by atoms with Crippen molar-refractivity contribution in [2.24, 2.45) is 0 Å². The van der Waals surface area contributed by atoms with Gasteiger partial charge in [0.1, 0.15) is 0 Å². The molecule has 1 unspecified atom stereocenters. The molecule has 0 saturated carbocycles. The van der Waals surface area contributed by atoms with E-state index in [9.17, 15) is 10.2 Å². The summed E-state index contributed by atoms with van der Waals surface area (Å²) < 4.78 is 0. The summed E-state index contributed by atoms with van der Waals surface area (Å²) in [7, 11) is 0. The second-order valence-corrected chi connectivity index (χ2v) is 5.11. The SMILES string of the molecule is CC(N[C@@H](CO)Cc1ccccc1)C(C)(C)O. The van der Waals surface area contributed by atoms with Crippen LogP contribution in [-0.2, 0) is 6.42 Å². The zero-order chi connectivity index (χ0) is 12.9. The van der Waals surface area contributed by atoms with Crippen molar-refractivity contribution in [1.82, 2.24) is 5.32 Å². The Hall–Kier alpha value is -0.900. The topological polar surface area (TPSA) is 52.5 Å². The normalized spacial score (nSPS) is 15.6. The number of rotatable bonds is 6. The third-order valence-electron chi connectivity index (χ3n) is 3.09. The summed E-state index contributed by atoms with van der Waals surface area (Å²) in [5.74, 6) is 0. The Bertz CT molecular complexity index is 319. The lowest BCUT2D eigenvalue weighted by Gasteiger charge is -2.30. The van der Waals surface area contributed by atoms with E-state index in [1.54, 1.807) is 13.8 Å². The average molecular weight is 237 g/mol. The zero-order valence-electron chi connectivity index (χ0n) is 10.9. The minimum Gasteiger partial charge on any atom is -0.395 e. The van der Waals surface area contributed by atoms with E-state index in [2.05, 4.69) is 5.32 Å². The second kappa shape index (κ2) is 6.15. The fourth-order valence-corrected chi connectivity index (χ4v) is 1.63. The molecule has 1 rings (SSSR count). The van der Waals surface area contributed by atoms with Crippen LogP contribution in [0.2, 0.25) is 0 Å². The molecule has 1 aromatic rings. The van der Waals surface area contributed by atoms with Crippen molar-refractivity contribution in [2.45, 2.75) is 44.9 Å². The molecule has 0 heterocycles. The van der Waals surface area contributed by atoms with Gasteiger partial charge in [-0.15, -0.1) is 0 Å². The molecule has 0 aliphatic rings. The van der Waals surface area contributed by atoms with Crippen molar-refractivity contribution in [3.8, 4) is 0 Å². The number of hydrogen-bond acceptors (Lipinski definition) is 3. The van der Waals surface area contributed by atoms with Crippen LogP contribution in [0.1, 0.15) is 26.3 Å². The molecule has 0 spiro atoms. The first-order valence-electron chi connectivity index (χ1n) is 6.06. The summed E-state index contributed by atoms with van der Waals surface area (Å²) in [5, 5.41) is 22.5. The standard InChI is InChI=1S/C14H23NO2/c1-11(14(2,3)17)15-13(10-16)9-12-7-5-4-6-8-12/h4-8,11,13,15-17H,9-10H2,1-3H3/t11?,13-/m1/s1. The van der Waals surface area contributed by atoms with Gasteiger partial charge < -0.3 is 15.5 Å². The van der Waals surface area contributed by atoms with Gasteiger partial charge in [0, 0.05) is 12.1 Å². The Morgan fingerprint density at radius 1 is 1.24 bits per heavy atom. The number of aliphatic hydroxyl groups excluding tert-OH is 1. The van der Waals surface area contributed by atoms with Crippen LogP contribution in [0.15, 0.2) is 30.3 Å². The van der Waals surface area contributed by atoms with Gasteiger partial charge in [0.25, 0.3) is 0 Å². The van der Waals surface area contributed by atoms with Crippen molar-refractivity contribution < 1.29 is 10.2 Å². The summed E-state index contributed by atoms with van der Waals surface area (Å²) in [5.41, 5.74) is 0.395. The van der Waals surface area contributed by atoms with Crippen molar-refractivity contribution in [2.75, 3.05) is 6.61 Å². The van der Waals surface area contributed by atoms with E-state index >= 15 is 0 Å². The second-order valence-electron chi connectivity index (χ2n) is 5.11. The van der Waals surface area contributed by atoms with Gasteiger partial charge in [0.15, 0.2) is 0 Å². The molecule has 0 saturated heterocycles. The predicted molar refractivity (Wildman–Crippen MR) is 69.9 cm³/mol.